The van der Waals surface area contributed by atoms with E-state index in [9.17, 15) is 13.2 Å². The van der Waals surface area contributed by atoms with Gasteiger partial charge in [0.1, 0.15) is 0 Å². The molecule has 0 bridgehead atoms. The first-order chi connectivity index (χ1) is 13.8. The van der Waals surface area contributed by atoms with Crippen molar-refractivity contribution in [3.8, 4) is 0 Å². The lowest BCUT2D eigenvalue weighted by atomic mass is 10.2. The van der Waals surface area contributed by atoms with E-state index in [0.29, 0.717) is 43.2 Å². The highest BCUT2D eigenvalue weighted by Crippen LogP contribution is 2.24. The van der Waals surface area contributed by atoms with E-state index < -0.39 is 10.0 Å². The molecule has 29 heavy (non-hydrogen) atoms. The van der Waals surface area contributed by atoms with Crippen LogP contribution in [0, 0.1) is 0 Å². The predicted octanol–water partition coefficient (Wildman–Crippen LogP) is 0.969. The number of piperazine rings is 1. The lowest BCUT2D eigenvalue weighted by Gasteiger charge is -2.37. The fourth-order valence-corrected chi connectivity index (χ4v) is 4.85. The van der Waals surface area contributed by atoms with Gasteiger partial charge in [-0.15, -0.1) is 21.5 Å². The van der Waals surface area contributed by atoms with Crippen LogP contribution < -0.4 is 5.32 Å². The molecule has 0 spiro atoms. The summed E-state index contributed by atoms with van der Waals surface area (Å²) in [6, 6.07) is 7.12. The Morgan fingerprint density at radius 3 is 2.83 bits per heavy atom. The average molecular weight is 435 g/mol. The molecule has 3 aromatic rings. The maximum atomic E-state index is 12.6. The number of thiophene rings is 1. The molecule has 1 amide bonds. The van der Waals surface area contributed by atoms with Gasteiger partial charge >= 0.3 is 0 Å². The second kappa shape index (κ2) is 7.82. The Kier molecular flexibility index (Phi) is 5.38. The van der Waals surface area contributed by atoms with Gasteiger partial charge in [0.05, 0.1) is 24.4 Å². The fourth-order valence-electron chi connectivity index (χ4n) is 3.38. The molecule has 1 aliphatic heterocycles. The maximum Gasteiger partial charge on any atom is 0.253 e. The normalized spacial score (nSPS) is 18.9. The number of aromatic nitrogens is 3. The highest BCUT2D eigenvalue weighted by molar-refractivity contribution is 7.88. The zero-order valence-electron chi connectivity index (χ0n) is 16.1. The number of amides is 1. The minimum atomic E-state index is -3.29. The van der Waals surface area contributed by atoms with Gasteiger partial charge in [0.25, 0.3) is 5.91 Å². The van der Waals surface area contributed by atoms with Crippen molar-refractivity contribution in [1.29, 1.82) is 0 Å². The van der Waals surface area contributed by atoms with Crippen molar-refractivity contribution in [2.45, 2.75) is 12.6 Å². The van der Waals surface area contributed by atoms with Gasteiger partial charge in [-0.25, -0.2) is 8.42 Å². The molecular weight excluding hydrogens is 412 g/mol. The van der Waals surface area contributed by atoms with E-state index >= 15 is 0 Å². The third-order valence-electron chi connectivity index (χ3n) is 5.07. The van der Waals surface area contributed by atoms with Crippen molar-refractivity contribution in [3.63, 3.8) is 0 Å². The third kappa shape index (κ3) is 4.17. The summed E-state index contributed by atoms with van der Waals surface area (Å²) in [6.07, 6.45) is 2.93. The van der Waals surface area contributed by atoms with Crippen LogP contribution in [0.25, 0.3) is 5.65 Å². The SMILES string of the molecule is CN1CCN(S(C)(=O)=O)CC1c1nnc2ccc(C(=O)NCc3cccs3)cn12. The van der Waals surface area contributed by atoms with Gasteiger partial charge in [0.15, 0.2) is 11.5 Å². The Hall–Kier alpha value is -2.34. The van der Waals surface area contributed by atoms with Gasteiger partial charge in [-0.3, -0.25) is 14.1 Å². The topological polar surface area (TPSA) is 99.9 Å². The fraction of sp³-hybridized carbons (Fsp3) is 0.389. The first-order valence-corrected chi connectivity index (χ1v) is 11.9. The van der Waals surface area contributed by atoms with Crippen LogP contribution in [0.3, 0.4) is 0 Å². The van der Waals surface area contributed by atoms with E-state index in [1.807, 2.05) is 24.6 Å². The van der Waals surface area contributed by atoms with Gasteiger partial charge < -0.3 is 5.32 Å². The molecule has 4 rings (SSSR count). The van der Waals surface area contributed by atoms with Crippen LogP contribution in [-0.4, -0.2) is 71.1 Å². The van der Waals surface area contributed by atoms with E-state index in [0.717, 1.165) is 4.88 Å². The molecule has 154 valence electrons. The Bertz CT molecular complexity index is 1130. The van der Waals surface area contributed by atoms with E-state index in [1.165, 1.54) is 10.6 Å². The Labute approximate surface area is 173 Å². The maximum absolute atomic E-state index is 12.6. The summed E-state index contributed by atoms with van der Waals surface area (Å²) in [5.74, 6) is 0.429. The minimum absolute atomic E-state index is 0.185. The number of carbonyl (C=O) groups is 1. The predicted molar refractivity (Wildman–Crippen MR) is 110 cm³/mol. The van der Waals surface area contributed by atoms with E-state index in [-0.39, 0.29) is 11.9 Å². The van der Waals surface area contributed by atoms with Crippen LogP contribution in [0.2, 0.25) is 0 Å². The molecule has 3 aromatic heterocycles. The van der Waals surface area contributed by atoms with E-state index in [4.69, 9.17) is 0 Å². The molecule has 1 fully saturated rings. The Morgan fingerprint density at radius 1 is 1.28 bits per heavy atom. The molecule has 0 aromatic carbocycles. The number of nitrogens with zero attached hydrogens (tertiary/aromatic N) is 5. The molecule has 1 unspecified atom stereocenters. The first-order valence-electron chi connectivity index (χ1n) is 9.13. The highest BCUT2D eigenvalue weighted by Gasteiger charge is 2.33. The quantitative estimate of drug-likeness (QED) is 0.642. The van der Waals surface area contributed by atoms with Crippen LogP contribution in [0.4, 0.5) is 0 Å². The summed E-state index contributed by atoms with van der Waals surface area (Å²) in [7, 11) is -1.36. The van der Waals surface area contributed by atoms with Crippen molar-refractivity contribution >= 4 is 32.9 Å². The number of pyridine rings is 1. The Morgan fingerprint density at radius 2 is 2.10 bits per heavy atom. The van der Waals surface area contributed by atoms with E-state index in [2.05, 4.69) is 20.4 Å². The molecule has 1 saturated heterocycles. The first kappa shape index (κ1) is 20.0. The van der Waals surface area contributed by atoms with Crippen molar-refractivity contribution in [3.05, 3.63) is 52.1 Å². The van der Waals surface area contributed by atoms with Crippen LogP contribution >= 0.6 is 11.3 Å². The minimum Gasteiger partial charge on any atom is -0.347 e. The van der Waals surface area contributed by atoms with Gasteiger partial charge in [-0.2, -0.15) is 4.31 Å². The number of rotatable bonds is 5. The van der Waals surface area contributed by atoms with Crippen LogP contribution in [0.15, 0.2) is 35.8 Å². The molecule has 11 heteroatoms. The summed E-state index contributed by atoms with van der Waals surface area (Å²) >= 11 is 1.59. The molecule has 0 radical (unpaired) electrons. The summed E-state index contributed by atoms with van der Waals surface area (Å²) in [5, 5.41) is 13.4. The van der Waals surface area contributed by atoms with Gasteiger partial charge in [0, 0.05) is 30.7 Å². The third-order valence-corrected chi connectivity index (χ3v) is 7.22. The molecule has 1 N–H and O–H groups in total. The summed E-state index contributed by atoms with van der Waals surface area (Å²) in [4.78, 5) is 15.7. The van der Waals surface area contributed by atoms with Gasteiger partial charge in [0.2, 0.25) is 10.0 Å². The highest BCUT2D eigenvalue weighted by atomic mass is 32.2. The molecular formula is C18H22N6O3S2. The molecule has 1 aliphatic rings. The summed E-state index contributed by atoms with van der Waals surface area (Å²) in [5.41, 5.74) is 1.10. The molecule has 4 heterocycles. The van der Waals surface area contributed by atoms with Gasteiger partial charge in [-0.05, 0) is 30.6 Å². The van der Waals surface area contributed by atoms with Crippen LogP contribution in [0.1, 0.15) is 27.1 Å². The molecule has 1 atom stereocenters. The zero-order valence-corrected chi connectivity index (χ0v) is 17.8. The number of carbonyl (C=O) groups excluding carboxylic acids is 1. The largest absolute Gasteiger partial charge is 0.347 e. The molecule has 0 saturated carbocycles. The lowest BCUT2D eigenvalue weighted by molar-refractivity contribution is 0.0950. The van der Waals surface area contributed by atoms with Crippen molar-refractivity contribution in [2.75, 3.05) is 32.9 Å². The zero-order chi connectivity index (χ0) is 20.6. The standard InChI is InChI=1S/C18H22N6O3S2/c1-22-7-8-23(29(2,26)27)12-15(22)17-21-20-16-6-5-13(11-24(16)17)18(25)19-10-14-4-3-9-28-14/h3-6,9,11,15H,7-8,10,12H2,1-2H3,(H,19,25). The summed E-state index contributed by atoms with van der Waals surface area (Å²) in [6.45, 7) is 1.80. The van der Waals surface area contributed by atoms with Crippen LogP contribution in [0.5, 0.6) is 0 Å². The number of likely N-dealkylation sites (N-methyl/N-ethyl adjacent to an activating group) is 1. The van der Waals surface area contributed by atoms with Crippen molar-refractivity contribution < 1.29 is 13.2 Å². The Balaban J connectivity index is 1.60. The number of nitrogens with one attached hydrogen (secondary N) is 1. The number of hydrogen-bond acceptors (Lipinski definition) is 7. The number of sulfonamides is 1. The molecule has 0 aliphatic carbocycles. The van der Waals surface area contributed by atoms with Crippen molar-refractivity contribution in [2.24, 2.45) is 0 Å². The lowest BCUT2D eigenvalue weighted by Crippen LogP contribution is -2.49. The molecule has 9 nitrogen and oxygen atoms in total. The van der Waals surface area contributed by atoms with Gasteiger partial charge in [-0.1, -0.05) is 6.07 Å². The average Bonchev–Trinajstić information content (AvgIpc) is 3.35. The summed E-state index contributed by atoms with van der Waals surface area (Å²) < 4.78 is 27.2. The second-order valence-corrected chi connectivity index (χ2v) is 10.1. The number of hydrogen-bond donors (Lipinski definition) is 1. The van der Waals surface area contributed by atoms with E-state index in [1.54, 1.807) is 34.1 Å². The second-order valence-electron chi connectivity index (χ2n) is 7.08. The van der Waals surface area contributed by atoms with Crippen LogP contribution in [-0.2, 0) is 16.6 Å². The monoisotopic (exact) mass is 434 g/mol. The smallest absolute Gasteiger partial charge is 0.253 e. The number of fused-ring (bicyclic) bond motifs is 1. The van der Waals surface area contributed by atoms with Crippen molar-refractivity contribution in [1.82, 2.24) is 29.1 Å².